The Labute approximate surface area is 227 Å². The van der Waals surface area contributed by atoms with Gasteiger partial charge >= 0.3 is 0 Å². The van der Waals surface area contributed by atoms with Crippen LogP contribution in [0.25, 0.3) is 0 Å². The van der Waals surface area contributed by atoms with Crippen LogP contribution in [0, 0.1) is 33.0 Å². The van der Waals surface area contributed by atoms with Crippen LogP contribution in [0.5, 0.6) is 0 Å². The van der Waals surface area contributed by atoms with Crippen molar-refractivity contribution < 1.29 is 19.8 Å². The minimum Gasteiger partial charge on any atom is -0.504 e. The Morgan fingerprint density at radius 3 is 2.39 bits per heavy atom. The van der Waals surface area contributed by atoms with E-state index in [4.69, 9.17) is 0 Å². The molecule has 0 spiro atoms. The molecule has 0 radical (unpaired) electrons. The molecule has 1 amide bonds. The van der Waals surface area contributed by atoms with Gasteiger partial charge in [-0.3, -0.25) is 9.59 Å². The number of hydrogen-bond acceptors (Lipinski definition) is 4. The molecule has 5 heteroatoms. The zero-order valence-electron chi connectivity index (χ0n) is 24.1. The van der Waals surface area contributed by atoms with E-state index in [0.29, 0.717) is 31.0 Å². The summed E-state index contributed by atoms with van der Waals surface area (Å²) < 4.78 is 0. The van der Waals surface area contributed by atoms with Crippen molar-refractivity contribution in [1.29, 1.82) is 0 Å². The molecule has 4 fully saturated rings. The normalized spacial score (nSPS) is 46.3. The van der Waals surface area contributed by atoms with Crippen molar-refractivity contribution in [3.63, 3.8) is 0 Å². The van der Waals surface area contributed by atoms with Crippen LogP contribution in [-0.4, -0.2) is 46.0 Å². The van der Waals surface area contributed by atoms with Crippen molar-refractivity contribution in [2.75, 3.05) is 13.1 Å². The number of amides is 1. The first kappa shape index (κ1) is 26.1. The van der Waals surface area contributed by atoms with Crippen LogP contribution in [0.3, 0.4) is 0 Å². The van der Waals surface area contributed by atoms with Gasteiger partial charge in [-0.25, -0.2) is 0 Å². The zero-order chi connectivity index (χ0) is 27.5. The second-order valence-electron chi connectivity index (χ2n) is 14.8. The lowest BCUT2D eigenvalue weighted by molar-refractivity contribution is -0.174. The number of likely N-dealkylation sites (tertiary alicyclic amines) is 1. The molecule has 7 atom stereocenters. The highest BCUT2D eigenvalue weighted by molar-refractivity contribution is 6.06. The third-order valence-corrected chi connectivity index (χ3v) is 12.8. The fraction of sp³-hybridized carbons (Fsp3) is 0.697. The van der Waals surface area contributed by atoms with Crippen molar-refractivity contribution in [1.82, 2.24) is 4.90 Å². The molecule has 0 aromatic heterocycles. The van der Waals surface area contributed by atoms with E-state index in [1.807, 2.05) is 11.8 Å². The number of carbonyl (C=O) groups excluding carboxylic acids is 2. The summed E-state index contributed by atoms with van der Waals surface area (Å²) in [4.78, 5) is 28.5. The van der Waals surface area contributed by atoms with Gasteiger partial charge in [0.25, 0.3) is 0 Å². The van der Waals surface area contributed by atoms with Gasteiger partial charge in [0.05, 0.1) is 6.10 Å². The number of carbonyl (C=O) groups is 2. The third-order valence-electron chi connectivity index (χ3n) is 12.8. The average molecular weight is 520 g/mol. The summed E-state index contributed by atoms with van der Waals surface area (Å²) in [5, 5.41) is 20.5. The summed E-state index contributed by atoms with van der Waals surface area (Å²) in [5.74, 6) is 0.260. The molecule has 1 aliphatic heterocycles. The summed E-state index contributed by atoms with van der Waals surface area (Å²) in [5.41, 5.74) is 3.78. The molecule has 38 heavy (non-hydrogen) atoms. The van der Waals surface area contributed by atoms with Gasteiger partial charge < -0.3 is 15.1 Å². The number of aliphatic hydroxyl groups excluding tert-OH is 2. The SMILES string of the molecule is CC1=C(O)C(=O)C=C2C1=CC=C1[C@@]2(C)CC[C@@]2(C)[C@@H]3C[C@](C)(C(=O)N4CCC(O)C4)CC[C@]3(C)CC[C@]12C. The van der Waals surface area contributed by atoms with E-state index in [1.165, 1.54) is 5.57 Å². The standard InChI is InChI=1S/C33H45NO4/c1-20-22-7-8-25-31(4,23(22)17-24(36)27(20)37)13-15-33(6)26-18-30(3,28(38)34-16-9-21(35)19-34)11-10-29(26,2)12-14-32(25,33)5/h7-8,17,21,26,35,37H,9-16,18-19H2,1-6H3/t21?,26-,29-,30-,31+,32-,33+/m1/s1. The highest BCUT2D eigenvalue weighted by Crippen LogP contribution is 2.75. The maximum Gasteiger partial charge on any atom is 0.228 e. The number of hydrogen-bond donors (Lipinski definition) is 2. The quantitative estimate of drug-likeness (QED) is 0.432. The minimum absolute atomic E-state index is 0.0371. The lowest BCUT2D eigenvalue weighted by atomic mass is 9.34. The van der Waals surface area contributed by atoms with Crippen molar-refractivity contribution in [2.24, 2.45) is 33.0 Å². The smallest absolute Gasteiger partial charge is 0.228 e. The number of aliphatic hydroxyl groups is 2. The molecule has 0 aromatic rings. The van der Waals surface area contributed by atoms with Crippen LogP contribution < -0.4 is 0 Å². The van der Waals surface area contributed by atoms with Gasteiger partial charge in [-0.1, -0.05) is 52.3 Å². The largest absolute Gasteiger partial charge is 0.504 e. The lowest BCUT2D eigenvalue weighted by Crippen LogP contribution is -2.62. The van der Waals surface area contributed by atoms with E-state index < -0.39 is 0 Å². The number of rotatable bonds is 1. The van der Waals surface area contributed by atoms with Gasteiger partial charge in [0.2, 0.25) is 11.7 Å². The van der Waals surface area contributed by atoms with Crippen molar-refractivity contribution in [3.05, 3.63) is 46.3 Å². The van der Waals surface area contributed by atoms with Crippen LogP contribution in [0.4, 0.5) is 0 Å². The Hall–Kier alpha value is -2.14. The molecule has 2 N–H and O–H groups in total. The van der Waals surface area contributed by atoms with Crippen molar-refractivity contribution >= 4 is 11.7 Å². The molecule has 0 aromatic carbocycles. The number of ketones is 1. The number of fused-ring (bicyclic) bond motifs is 7. The monoisotopic (exact) mass is 519 g/mol. The van der Waals surface area contributed by atoms with E-state index in [0.717, 1.165) is 56.1 Å². The Morgan fingerprint density at radius 2 is 1.71 bits per heavy atom. The fourth-order valence-corrected chi connectivity index (χ4v) is 9.96. The second kappa shape index (κ2) is 7.96. The van der Waals surface area contributed by atoms with Crippen LogP contribution in [0.2, 0.25) is 0 Å². The molecule has 6 aliphatic rings. The fourth-order valence-electron chi connectivity index (χ4n) is 9.96. The summed E-state index contributed by atoms with van der Waals surface area (Å²) in [7, 11) is 0. The molecule has 6 rings (SSSR count). The van der Waals surface area contributed by atoms with Gasteiger partial charge in [0, 0.05) is 29.5 Å². The summed E-state index contributed by atoms with van der Waals surface area (Å²) in [6, 6.07) is 0. The first-order valence-corrected chi connectivity index (χ1v) is 14.8. The first-order chi connectivity index (χ1) is 17.7. The molecule has 0 bridgehead atoms. The summed E-state index contributed by atoms with van der Waals surface area (Å²) >= 11 is 0. The topological polar surface area (TPSA) is 77.8 Å². The molecular formula is C33H45NO4. The molecule has 1 unspecified atom stereocenters. The zero-order valence-corrected chi connectivity index (χ0v) is 24.1. The van der Waals surface area contributed by atoms with Gasteiger partial charge in [-0.15, -0.1) is 0 Å². The van der Waals surface area contributed by atoms with Crippen molar-refractivity contribution in [2.45, 2.75) is 99.0 Å². The van der Waals surface area contributed by atoms with Crippen molar-refractivity contribution in [3.8, 4) is 0 Å². The predicted octanol–water partition coefficient (Wildman–Crippen LogP) is 6.21. The van der Waals surface area contributed by atoms with Gasteiger partial charge in [0.15, 0.2) is 5.76 Å². The number of allylic oxidation sites excluding steroid dienone is 7. The maximum absolute atomic E-state index is 13.8. The highest BCUT2D eigenvalue weighted by Gasteiger charge is 2.67. The molecule has 206 valence electrons. The third kappa shape index (κ3) is 3.20. The average Bonchev–Trinajstić information content (AvgIpc) is 3.31. The van der Waals surface area contributed by atoms with E-state index in [2.05, 4.69) is 46.8 Å². The lowest BCUT2D eigenvalue weighted by Gasteiger charge is -2.70. The molecule has 1 saturated heterocycles. The highest BCUT2D eigenvalue weighted by atomic mass is 16.3. The molecular weight excluding hydrogens is 474 g/mol. The second-order valence-corrected chi connectivity index (χ2v) is 14.8. The maximum atomic E-state index is 13.8. The van der Waals surface area contributed by atoms with E-state index in [1.54, 1.807) is 6.08 Å². The van der Waals surface area contributed by atoms with Crippen LogP contribution >= 0.6 is 0 Å². The molecule has 5 aliphatic carbocycles. The minimum atomic E-state index is -0.388. The van der Waals surface area contributed by atoms with Gasteiger partial charge in [-0.05, 0) is 97.7 Å². The van der Waals surface area contributed by atoms with Crippen LogP contribution in [-0.2, 0) is 9.59 Å². The Kier molecular flexibility index (Phi) is 5.47. The number of β-amino-alcohol motifs (C(OH)–C–C–N with tert-alkyl or cyclic N) is 1. The summed E-state index contributed by atoms with van der Waals surface area (Å²) in [6.07, 6.45) is 13.6. The molecule has 5 nitrogen and oxygen atoms in total. The Balaban J connectivity index is 1.40. The van der Waals surface area contributed by atoms with E-state index >= 15 is 0 Å². The van der Waals surface area contributed by atoms with E-state index in [-0.39, 0.29) is 50.6 Å². The van der Waals surface area contributed by atoms with E-state index in [9.17, 15) is 19.8 Å². The Bertz CT molecular complexity index is 1260. The van der Waals surface area contributed by atoms with Crippen LogP contribution in [0.15, 0.2) is 46.3 Å². The summed E-state index contributed by atoms with van der Waals surface area (Å²) in [6.45, 7) is 14.9. The van der Waals surface area contributed by atoms with Crippen LogP contribution in [0.1, 0.15) is 92.9 Å². The number of nitrogens with zero attached hydrogens (tertiary/aromatic N) is 1. The predicted molar refractivity (Wildman–Crippen MR) is 148 cm³/mol. The molecule has 3 saturated carbocycles. The molecule has 1 heterocycles. The van der Waals surface area contributed by atoms with Gasteiger partial charge in [0.1, 0.15) is 0 Å². The first-order valence-electron chi connectivity index (χ1n) is 14.8. The Morgan fingerprint density at radius 1 is 1.00 bits per heavy atom. The van der Waals surface area contributed by atoms with Gasteiger partial charge in [-0.2, -0.15) is 0 Å².